The van der Waals surface area contributed by atoms with E-state index in [0.717, 1.165) is 15.1 Å². The summed E-state index contributed by atoms with van der Waals surface area (Å²) in [5.74, 6) is -0.112. The minimum atomic E-state index is -4.39. The van der Waals surface area contributed by atoms with Crippen molar-refractivity contribution in [1.29, 1.82) is 5.26 Å². The van der Waals surface area contributed by atoms with Crippen LogP contribution in [0.25, 0.3) is 0 Å². The predicted molar refractivity (Wildman–Crippen MR) is 96.0 cm³/mol. The molecule has 0 aromatic carbocycles. The number of rotatable bonds is 3. The molecule has 0 fully saturated rings. The van der Waals surface area contributed by atoms with E-state index in [-0.39, 0.29) is 31.2 Å². The van der Waals surface area contributed by atoms with Crippen molar-refractivity contribution in [2.45, 2.75) is 39.4 Å². The second kappa shape index (κ2) is 6.88. The molecule has 3 heterocycles. The Bertz CT molecular complexity index is 924. The van der Waals surface area contributed by atoms with Crippen LogP contribution >= 0.6 is 11.3 Å². The third-order valence-corrected chi connectivity index (χ3v) is 5.71. The zero-order chi connectivity index (χ0) is 19.9. The van der Waals surface area contributed by atoms with Gasteiger partial charge in [-0.05, 0) is 32.8 Å². The number of hydrogen-bond acceptors (Lipinski definition) is 5. The van der Waals surface area contributed by atoms with E-state index in [4.69, 9.17) is 0 Å². The Morgan fingerprint density at radius 3 is 2.78 bits per heavy atom. The summed E-state index contributed by atoms with van der Waals surface area (Å²) < 4.78 is 40.7. The molecule has 27 heavy (non-hydrogen) atoms. The summed E-state index contributed by atoms with van der Waals surface area (Å²) in [4.78, 5) is 15.0. The number of nitriles is 1. The molecule has 144 valence electrons. The fourth-order valence-corrected chi connectivity index (χ4v) is 4.16. The molecule has 6 nitrogen and oxygen atoms in total. The van der Waals surface area contributed by atoms with Gasteiger partial charge in [-0.3, -0.25) is 4.79 Å². The number of halogens is 3. The first-order valence-electron chi connectivity index (χ1n) is 8.29. The first kappa shape index (κ1) is 19.2. The number of nitrogens with one attached hydrogen (secondary N) is 1. The summed E-state index contributed by atoms with van der Waals surface area (Å²) in [6.45, 7) is 5.27. The van der Waals surface area contributed by atoms with E-state index in [9.17, 15) is 23.2 Å². The number of nitrogens with zero attached hydrogens (tertiary/aromatic N) is 4. The molecular weight excluding hydrogens is 379 g/mol. The van der Waals surface area contributed by atoms with E-state index in [0.29, 0.717) is 16.3 Å². The molecule has 0 saturated carbocycles. The van der Waals surface area contributed by atoms with E-state index in [2.05, 4.69) is 16.5 Å². The van der Waals surface area contributed by atoms with Gasteiger partial charge in [0, 0.05) is 17.5 Å². The molecular formula is C17H18F3N5OS. The topological polar surface area (TPSA) is 74.0 Å². The van der Waals surface area contributed by atoms with Gasteiger partial charge in [0.15, 0.2) is 6.04 Å². The predicted octanol–water partition coefficient (Wildman–Crippen LogP) is 3.69. The summed E-state index contributed by atoms with van der Waals surface area (Å²) in [7, 11) is 0. The zero-order valence-corrected chi connectivity index (χ0v) is 15.8. The van der Waals surface area contributed by atoms with Crippen molar-refractivity contribution in [2.75, 3.05) is 23.3 Å². The minimum Gasteiger partial charge on any atom is -0.347 e. The first-order chi connectivity index (χ1) is 12.6. The number of fused-ring (bicyclic) bond motifs is 1. The molecule has 1 aliphatic rings. The molecule has 1 aliphatic heterocycles. The molecule has 3 rings (SSSR count). The standard InChI is InChI=1S/C17H18F3N5OS/c1-9-6-15-24(5-4-13(17(18,19)20)25(15)23-9)8-14(26)22-16-12(7-21)10(2)11(3)27-16/h6,13H,4-5,8H2,1-3H3,(H,22,26). The van der Waals surface area contributed by atoms with E-state index >= 15 is 0 Å². The Labute approximate surface area is 158 Å². The number of hydrogen-bond donors (Lipinski definition) is 1. The summed E-state index contributed by atoms with van der Waals surface area (Å²) in [5, 5.41) is 16.4. The van der Waals surface area contributed by atoms with Gasteiger partial charge in [0.1, 0.15) is 16.9 Å². The summed E-state index contributed by atoms with van der Waals surface area (Å²) in [6.07, 6.45) is -4.57. The van der Waals surface area contributed by atoms with Gasteiger partial charge in [-0.1, -0.05) is 0 Å². The molecule has 1 unspecified atom stereocenters. The van der Waals surface area contributed by atoms with Crippen LogP contribution in [0.4, 0.5) is 24.0 Å². The van der Waals surface area contributed by atoms with Crippen LogP contribution in [0.15, 0.2) is 6.07 Å². The number of alkyl halides is 3. The van der Waals surface area contributed by atoms with Gasteiger partial charge >= 0.3 is 6.18 Å². The zero-order valence-electron chi connectivity index (χ0n) is 15.0. The Morgan fingerprint density at radius 1 is 1.44 bits per heavy atom. The lowest BCUT2D eigenvalue weighted by Gasteiger charge is -2.34. The minimum absolute atomic E-state index is 0.0936. The summed E-state index contributed by atoms with van der Waals surface area (Å²) in [6, 6.07) is 1.94. The van der Waals surface area contributed by atoms with Crippen molar-refractivity contribution in [3.05, 3.63) is 27.8 Å². The van der Waals surface area contributed by atoms with Gasteiger partial charge in [-0.25, -0.2) is 4.68 Å². The van der Waals surface area contributed by atoms with Crippen LogP contribution in [0.2, 0.25) is 0 Å². The molecule has 0 radical (unpaired) electrons. The number of carbonyl (C=O) groups excluding carboxylic acids is 1. The van der Waals surface area contributed by atoms with Crippen LogP contribution in [0.5, 0.6) is 0 Å². The van der Waals surface area contributed by atoms with E-state index in [1.165, 1.54) is 11.3 Å². The molecule has 0 bridgehead atoms. The first-order valence-corrected chi connectivity index (χ1v) is 9.11. The lowest BCUT2D eigenvalue weighted by atomic mass is 10.1. The Kier molecular flexibility index (Phi) is 4.90. The highest BCUT2D eigenvalue weighted by Crippen LogP contribution is 2.39. The van der Waals surface area contributed by atoms with Gasteiger partial charge in [0.2, 0.25) is 5.91 Å². The Morgan fingerprint density at radius 2 is 2.15 bits per heavy atom. The molecule has 1 amide bonds. The third-order valence-electron chi connectivity index (χ3n) is 4.59. The van der Waals surface area contributed by atoms with Crippen molar-refractivity contribution < 1.29 is 18.0 Å². The number of aryl methyl sites for hydroxylation is 2. The number of aromatic nitrogens is 2. The molecule has 0 aliphatic carbocycles. The van der Waals surface area contributed by atoms with E-state index in [1.807, 2.05) is 13.8 Å². The van der Waals surface area contributed by atoms with Gasteiger partial charge in [-0.15, -0.1) is 11.3 Å². The maximum atomic E-state index is 13.2. The van der Waals surface area contributed by atoms with Crippen LogP contribution in [0, 0.1) is 32.1 Å². The molecule has 2 aromatic rings. The fraction of sp³-hybridized carbons (Fsp3) is 0.471. The number of carbonyl (C=O) groups is 1. The summed E-state index contributed by atoms with van der Waals surface area (Å²) >= 11 is 1.31. The van der Waals surface area contributed by atoms with Gasteiger partial charge < -0.3 is 10.2 Å². The molecule has 0 spiro atoms. The van der Waals surface area contributed by atoms with Crippen molar-refractivity contribution in [3.63, 3.8) is 0 Å². The van der Waals surface area contributed by atoms with E-state index in [1.54, 1.807) is 17.9 Å². The van der Waals surface area contributed by atoms with Crippen LogP contribution in [0.1, 0.15) is 34.2 Å². The molecule has 2 aromatic heterocycles. The number of amides is 1. The fourth-order valence-electron chi connectivity index (χ4n) is 3.14. The van der Waals surface area contributed by atoms with Crippen LogP contribution in [-0.4, -0.2) is 35.0 Å². The van der Waals surface area contributed by atoms with Gasteiger partial charge in [0.05, 0.1) is 17.8 Å². The van der Waals surface area contributed by atoms with Crippen molar-refractivity contribution >= 4 is 28.1 Å². The van der Waals surface area contributed by atoms with Crippen molar-refractivity contribution in [3.8, 4) is 6.07 Å². The number of thiophene rings is 1. The van der Waals surface area contributed by atoms with Crippen LogP contribution in [0.3, 0.4) is 0 Å². The van der Waals surface area contributed by atoms with Gasteiger partial charge in [-0.2, -0.15) is 23.5 Å². The quantitative estimate of drug-likeness (QED) is 0.857. The monoisotopic (exact) mass is 397 g/mol. The summed E-state index contributed by atoms with van der Waals surface area (Å²) in [5.41, 5.74) is 1.70. The number of anilines is 2. The van der Waals surface area contributed by atoms with Gasteiger partial charge in [0.25, 0.3) is 0 Å². The van der Waals surface area contributed by atoms with Crippen LogP contribution < -0.4 is 10.2 Å². The highest BCUT2D eigenvalue weighted by atomic mass is 32.1. The van der Waals surface area contributed by atoms with Crippen molar-refractivity contribution in [2.24, 2.45) is 0 Å². The average molecular weight is 397 g/mol. The lowest BCUT2D eigenvalue weighted by molar-refractivity contribution is -0.172. The van der Waals surface area contributed by atoms with E-state index < -0.39 is 12.2 Å². The SMILES string of the molecule is Cc1cc2n(n1)C(C(F)(F)F)CCN2CC(=O)Nc1sc(C)c(C)c1C#N. The average Bonchev–Trinajstić information content (AvgIpc) is 3.06. The normalized spacial score (nSPS) is 16.8. The lowest BCUT2D eigenvalue weighted by Crippen LogP contribution is -2.43. The smallest absolute Gasteiger partial charge is 0.347 e. The second-order valence-electron chi connectivity index (χ2n) is 6.50. The Hall–Kier alpha value is -2.54. The third kappa shape index (κ3) is 3.64. The van der Waals surface area contributed by atoms with Crippen molar-refractivity contribution in [1.82, 2.24) is 9.78 Å². The largest absolute Gasteiger partial charge is 0.410 e. The highest BCUT2D eigenvalue weighted by Gasteiger charge is 2.45. The highest BCUT2D eigenvalue weighted by molar-refractivity contribution is 7.16. The second-order valence-corrected chi connectivity index (χ2v) is 7.73. The van der Waals surface area contributed by atoms with Crippen LogP contribution in [-0.2, 0) is 4.79 Å². The molecule has 1 atom stereocenters. The molecule has 0 saturated heterocycles. The molecule has 10 heteroatoms. The maximum Gasteiger partial charge on any atom is 0.410 e. The Balaban J connectivity index is 1.79. The maximum absolute atomic E-state index is 13.2. The molecule has 1 N–H and O–H groups in total.